The van der Waals surface area contributed by atoms with E-state index in [0.29, 0.717) is 16.1 Å². The average Bonchev–Trinajstić information content (AvgIpc) is 3.09. The minimum atomic E-state index is -4.95. The van der Waals surface area contributed by atoms with Crippen LogP contribution in [-0.4, -0.2) is 26.2 Å². The van der Waals surface area contributed by atoms with Gasteiger partial charge < -0.3 is 9.88 Å². The van der Waals surface area contributed by atoms with Crippen molar-refractivity contribution in [3.05, 3.63) is 87.4 Å². The van der Waals surface area contributed by atoms with Gasteiger partial charge >= 0.3 is 6.18 Å². The molecule has 0 aliphatic rings. The Kier molecular flexibility index (Phi) is 6.33. The highest BCUT2D eigenvalue weighted by molar-refractivity contribution is 6.48. The zero-order valence-corrected chi connectivity index (χ0v) is 19.0. The van der Waals surface area contributed by atoms with Gasteiger partial charge in [0.05, 0.1) is 5.56 Å². The van der Waals surface area contributed by atoms with Gasteiger partial charge in [-0.2, -0.15) is 13.2 Å². The molecule has 0 fully saturated rings. The summed E-state index contributed by atoms with van der Waals surface area (Å²) >= 11 is 12.1. The van der Waals surface area contributed by atoms with Crippen molar-refractivity contribution in [1.82, 2.24) is 14.5 Å². The standard InChI is InChI=1S/C23H15Cl2F3N4O2/c1-12-2-5-17-15(8-12)19(20(33)22(34)31-18-6-7-29-11-30-18)21(23(26,27)28)32(17)10-13-3-4-14(24)9-16(13)25/h2-9,11H,10H2,1H3,(H,29,30,31,34). The Labute approximate surface area is 201 Å². The van der Waals surface area contributed by atoms with Crippen LogP contribution in [0.25, 0.3) is 10.9 Å². The van der Waals surface area contributed by atoms with Gasteiger partial charge in [0.25, 0.3) is 11.7 Å². The van der Waals surface area contributed by atoms with Gasteiger partial charge in [-0.25, -0.2) is 9.97 Å². The molecule has 0 spiro atoms. The lowest BCUT2D eigenvalue weighted by atomic mass is 10.0. The summed E-state index contributed by atoms with van der Waals surface area (Å²) in [6, 6.07) is 10.3. The Morgan fingerprint density at radius 2 is 1.85 bits per heavy atom. The maximum absolute atomic E-state index is 14.4. The molecule has 0 saturated carbocycles. The first-order valence-corrected chi connectivity index (χ1v) is 10.6. The fraction of sp³-hybridized carbons (Fsp3) is 0.130. The molecule has 0 saturated heterocycles. The highest BCUT2D eigenvalue weighted by Crippen LogP contribution is 2.40. The topological polar surface area (TPSA) is 76.9 Å². The van der Waals surface area contributed by atoms with Gasteiger partial charge in [0.1, 0.15) is 17.8 Å². The summed E-state index contributed by atoms with van der Waals surface area (Å²) in [4.78, 5) is 33.2. The molecule has 0 unspecified atom stereocenters. The fourth-order valence-electron chi connectivity index (χ4n) is 3.63. The van der Waals surface area contributed by atoms with Crippen LogP contribution < -0.4 is 5.32 Å². The van der Waals surface area contributed by atoms with Crippen LogP contribution in [0.1, 0.15) is 27.2 Å². The van der Waals surface area contributed by atoms with Crippen molar-refractivity contribution in [2.75, 3.05) is 5.32 Å². The third-order valence-corrected chi connectivity index (χ3v) is 5.67. The van der Waals surface area contributed by atoms with Crippen LogP contribution >= 0.6 is 23.2 Å². The van der Waals surface area contributed by atoms with Crippen LogP contribution in [0.3, 0.4) is 0 Å². The molecule has 0 aliphatic heterocycles. The van der Waals surface area contributed by atoms with E-state index in [1.807, 2.05) is 0 Å². The van der Waals surface area contributed by atoms with Gasteiger partial charge in [-0.1, -0.05) is 40.9 Å². The van der Waals surface area contributed by atoms with Crippen LogP contribution in [0.15, 0.2) is 55.0 Å². The molecule has 2 aromatic carbocycles. The third kappa shape index (κ3) is 4.62. The number of hydrogen-bond donors (Lipinski definition) is 1. The molecule has 2 heterocycles. The number of aryl methyl sites for hydroxylation is 1. The van der Waals surface area contributed by atoms with E-state index in [9.17, 15) is 22.8 Å². The van der Waals surface area contributed by atoms with Gasteiger partial charge in [0, 0.05) is 33.7 Å². The van der Waals surface area contributed by atoms with Crippen molar-refractivity contribution in [3.63, 3.8) is 0 Å². The normalized spacial score (nSPS) is 11.6. The van der Waals surface area contributed by atoms with E-state index in [4.69, 9.17) is 23.2 Å². The van der Waals surface area contributed by atoms with E-state index in [1.165, 1.54) is 42.6 Å². The molecule has 0 bridgehead atoms. The second-order valence-corrected chi connectivity index (χ2v) is 8.29. The van der Waals surface area contributed by atoms with Crippen LogP contribution in [0.2, 0.25) is 10.0 Å². The minimum absolute atomic E-state index is 0.000230. The number of hydrogen-bond acceptors (Lipinski definition) is 4. The number of Topliss-reactive ketones (excluding diaryl/α,β-unsaturated/α-hetero) is 1. The van der Waals surface area contributed by atoms with Crippen LogP contribution in [0.5, 0.6) is 0 Å². The summed E-state index contributed by atoms with van der Waals surface area (Å²) < 4.78 is 44.1. The molecule has 0 aliphatic carbocycles. The number of nitrogens with one attached hydrogen (secondary N) is 1. The first-order chi connectivity index (χ1) is 16.1. The predicted octanol–water partition coefficient (Wildman–Crippen LogP) is 5.94. The number of carbonyl (C=O) groups excluding carboxylic acids is 2. The Balaban J connectivity index is 1.91. The van der Waals surface area contributed by atoms with E-state index in [1.54, 1.807) is 13.0 Å². The molecule has 4 aromatic rings. The second kappa shape index (κ2) is 9.08. The highest BCUT2D eigenvalue weighted by atomic mass is 35.5. The zero-order valence-electron chi connectivity index (χ0n) is 17.5. The molecular formula is C23H15Cl2F3N4O2. The lowest BCUT2D eigenvalue weighted by Gasteiger charge is -2.15. The SMILES string of the molecule is Cc1ccc2c(c1)c(C(=O)C(=O)Nc1ccncn1)c(C(F)(F)F)n2Cc1ccc(Cl)cc1Cl. The number of benzene rings is 2. The highest BCUT2D eigenvalue weighted by Gasteiger charge is 2.42. The molecule has 1 amide bonds. The van der Waals surface area contributed by atoms with Crippen LogP contribution in [0.4, 0.5) is 19.0 Å². The van der Waals surface area contributed by atoms with E-state index in [2.05, 4.69) is 15.3 Å². The Morgan fingerprint density at radius 1 is 1.09 bits per heavy atom. The maximum Gasteiger partial charge on any atom is 0.432 e. The Bertz CT molecular complexity index is 1420. The first kappa shape index (κ1) is 23.7. The summed E-state index contributed by atoms with van der Waals surface area (Å²) in [5.74, 6) is -2.62. The largest absolute Gasteiger partial charge is 0.432 e. The number of carbonyl (C=O) groups is 2. The predicted molar refractivity (Wildman–Crippen MR) is 122 cm³/mol. The van der Waals surface area contributed by atoms with Crippen molar-refractivity contribution in [2.45, 2.75) is 19.6 Å². The number of ketones is 1. The Hall–Kier alpha value is -3.43. The first-order valence-electron chi connectivity index (χ1n) is 9.82. The van der Waals surface area contributed by atoms with Gasteiger partial charge in [0.15, 0.2) is 0 Å². The molecule has 174 valence electrons. The summed E-state index contributed by atoms with van der Waals surface area (Å²) in [6.07, 6.45) is -2.50. The number of alkyl halides is 3. The number of anilines is 1. The summed E-state index contributed by atoms with van der Waals surface area (Å²) in [5, 5.41) is 2.72. The van der Waals surface area contributed by atoms with E-state index < -0.39 is 29.1 Å². The van der Waals surface area contributed by atoms with E-state index in [0.717, 1.165) is 10.9 Å². The third-order valence-electron chi connectivity index (χ3n) is 5.09. The molecule has 4 rings (SSSR count). The molecule has 0 radical (unpaired) electrons. The molecule has 6 nitrogen and oxygen atoms in total. The van der Waals surface area contributed by atoms with Gasteiger partial charge in [-0.05, 0) is 42.8 Å². The van der Waals surface area contributed by atoms with Crippen molar-refractivity contribution >= 4 is 51.6 Å². The van der Waals surface area contributed by atoms with Crippen molar-refractivity contribution in [1.29, 1.82) is 0 Å². The second-order valence-electron chi connectivity index (χ2n) is 7.44. The van der Waals surface area contributed by atoms with E-state index >= 15 is 0 Å². The number of halogens is 5. The van der Waals surface area contributed by atoms with Gasteiger partial charge in [-0.3, -0.25) is 9.59 Å². The maximum atomic E-state index is 14.4. The minimum Gasteiger partial charge on any atom is -0.332 e. The molecule has 34 heavy (non-hydrogen) atoms. The molecule has 1 N–H and O–H groups in total. The lowest BCUT2D eigenvalue weighted by molar-refractivity contribution is -0.143. The summed E-state index contributed by atoms with van der Waals surface area (Å²) in [7, 11) is 0. The number of amides is 1. The van der Waals surface area contributed by atoms with Crippen molar-refractivity contribution < 1.29 is 22.8 Å². The van der Waals surface area contributed by atoms with Crippen molar-refractivity contribution in [3.8, 4) is 0 Å². The van der Waals surface area contributed by atoms with Crippen LogP contribution in [0, 0.1) is 6.92 Å². The average molecular weight is 507 g/mol. The molecule has 2 aromatic heterocycles. The fourth-order valence-corrected chi connectivity index (χ4v) is 4.10. The smallest absolute Gasteiger partial charge is 0.332 e. The number of nitrogens with zero attached hydrogens (tertiary/aromatic N) is 3. The molecule has 0 atom stereocenters. The number of aromatic nitrogens is 3. The van der Waals surface area contributed by atoms with Gasteiger partial charge in [-0.15, -0.1) is 0 Å². The molecule has 11 heteroatoms. The number of rotatable bonds is 5. The van der Waals surface area contributed by atoms with Gasteiger partial charge in [0.2, 0.25) is 0 Å². The number of fused-ring (bicyclic) bond motifs is 1. The monoisotopic (exact) mass is 506 g/mol. The lowest BCUT2D eigenvalue weighted by Crippen LogP contribution is -2.26. The summed E-state index contributed by atoms with van der Waals surface area (Å²) in [5.41, 5.74) is -0.890. The van der Waals surface area contributed by atoms with Crippen molar-refractivity contribution in [2.24, 2.45) is 0 Å². The van der Waals surface area contributed by atoms with Crippen LogP contribution in [-0.2, 0) is 17.5 Å². The summed E-state index contributed by atoms with van der Waals surface area (Å²) in [6.45, 7) is 1.38. The molecular weight excluding hydrogens is 492 g/mol. The van der Waals surface area contributed by atoms with E-state index in [-0.39, 0.29) is 28.3 Å². The Morgan fingerprint density at radius 3 is 2.50 bits per heavy atom. The quantitative estimate of drug-likeness (QED) is 0.268. The zero-order chi connectivity index (χ0) is 24.6.